The molecule has 1 unspecified atom stereocenters. The average molecular weight is 519 g/mol. The lowest BCUT2D eigenvalue weighted by atomic mass is 9.98. The van der Waals surface area contributed by atoms with Crippen LogP contribution in [0.25, 0.3) is 0 Å². The highest BCUT2D eigenvalue weighted by Crippen LogP contribution is 2.37. The Kier molecular flexibility index (Phi) is 8.98. The van der Waals surface area contributed by atoms with Crippen LogP contribution in [0.4, 0.5) is 26.3 Å². The van der Waals surface area contributed by atoms with E-state index in [9.17, 15) is 31.1 Å². The molecule has 0 aliphatic carbocycles. The Morgan fingerprint density at radius 3 is 2.19 bits per heavy atom. The van der Waals surface area contributed by atoms with Crippen molar-refractivity contribution in [1.29, 1.82) is 0 Å². The van der Waals surface area contributed by atoms with Crippen molar-refractivity contribution in [2.75, 3.05) is 19.7 Å². The standard InChI is InChI=1S/C24H27F6N3O3/c25-23(26,27)17-11-15(12-18(13-17)24(28,29)30)14-36-22-20(16-5-2-1-3-6-16)33(9-10-35-22)19(21(32)34)7-4-8-31/h1-3,5-6,11-13,19-20,22H,4,7-10,14,31H2,(H2,32,34)/t19?,20-,22+/m0/s1. The minimum atomic E-state index is -4.97. The first-order chi connectivity index (χ1) is 16.9. The van der Waals surface area contributed by atoms with Crippen LogP contribution < -0.4 is 11.5 Å². The summed E-state index contributed by atoms with van der Waals surface area (Å²) < 4.78 is 90.9. The van der Waals surface area contributed by atoms with Gasteiger partial charge in [0, 0.05) is 6.54 Å². The number of primary amides is 1. The van der Waals surface area contributed by atoms with E-state index >= 15 is 0 Å². The van der Waals surface area contributed by atoms with Crippen molar-refractivity contribution < 1.29 is 40.6 Å². The fraction of sp³-hybridized carbons (Fsp3) is 0.458. The van der Waals surface area contributed by atoms with Gasteiger partial charge in [-0.25, -0.2) is 0 Å². The highest BCUT2D eigenvalue weighted by atomic mass is 19.4. The number of hydrogen-bond donors (Lipinski definition) is 2. The van der Waals surface area contributed by atoms with Gasteiger partial charge in [0.15, 0.2) is 6.29 Å². The van der Waals surface area contributed by atoms with E-state index in [2.05, 4.69) is 0 Å². The molecule has 3 rings (SSSR count). The maximum absolute atomic E-state index is 13.2. The van der Waals surface area contributed by atoms with Crippen LogP contribution in [0.15, 0.2) is 48.5 Å². The number of nitrogens with zero attached hydrogens (tertiary/aromatic N) is 1. The van der Waals surface area contributed by atoms with Crippen LogP contribution in [0.5, 0.6) is 0 Å². The van der Waals surface area contributed by atoms with Crippen LogP contribution in [0.1, 0.15) is 41.1 Å². The molecule has 0 radical (unpaired) electrons. The Hall–Kier alpha value is -2.67. The van der Waals surface area contributed by atoms with Crippen LogP contribution in [-0.2, 0) is 33.2 Å². The summed E-state index contributed by atoms with van der Waals surface area (Å²) in [4.78, 5) is 14.1. The minimum absolute atomic E-state index is 0.0595. The molecule has 12 heteroatoms. The first kappa shape index (κ1) is 27.9. The zero-order chi connectivity index (χ0) is 26.5. The molecular weight excluding hydrogens is 492 g/mol. The van der Waals surface area contributed by atoms with Crippen LogP contribution in [0, 0.1) is 0 Å². The highest BCUT2D eigenvalue weighted by molar-refractivity contribution is 5.80. The van der Waals surface area contributed by atoms with Crippen molar-refractivity contribution in [1.82, 2.24) is 4.90 Å². The first-order valence-corrected chi connectivity index (χ1v) is 11.2. The molecule has 2 aromatic rings. The summed E-state index contributed by atoms with van der Waals surface area (Å²) in [6.07, 6.45) is -10.2. The van der Waals surface area contributed by atoms with E-state index in [1.165, 1.54) is 0 Å². The third kappa shape index (κ3) is 6.96. The number of alkyl halides is 6. The van der Waals surface area contributed by atoms with E-state index < -0.39 is 54.4 Å². The van der Waals surface area contributed by atoms with Crippen LogP contribution >= 0.6 is 0 Å². The summed E-state index contributed by atoms with van der Waals surface area (Å²) in [5.74, 6) is -0.585. The Balaban J connectivity index is 1.92. The van der Waals surface area contributed by atoms with Gasteiger partial charge in [-0.05, 0) is 48.7 Å². The summed E-state index contributed by atoms with van der Waals surface area (Å²) >= 11 is 0. The summed E-state index contributed by atoms with van der Waals surface area (Å²) in [6, 6.07) is 8.66. The number of carbonyl (C=O) groups is 1. The number of benzene rings is 2. The second kappa shape index (κ2) is 11.6. The summed E-state index contributed by atoms with van der Waals surface area (Å²) in [7, 11) is 0. The van der Waals surface area contributed by atoms with E-state index in [0.717, 1.165) is 0 Å². The fourth-order valence-corrected chi connectivity index (χ4v) is 4.21. The molecule has 1 saturated heterocycles. The fourth-order valence-electron chi connectivity index (χ4n) is 4.21. The Labute approximate surface area is 204 Å². The van der Waals surface area contributed by atoms with Gasteiger partial charge in [0.2, 0.25) is 5.91 Å². The quantitative estimate of drug-likeness (QED) is 0.484. The lowest BCUT2D eigenvalue weighted by Gasteiger charge is -2.44. The van der Waals surface area contributed by atoms with Crippen molar-refractivity contribution in [3.63, 3.8) is 0 Å². The predicted molar refractivity (Wildman–Crippen MR) is 118 cm³/mol. The molecule has 198 valence electrons. The zero-order valence-electron chi connectivity index (χ0n) is 19.2. The molecule has 36 heavy (non-hydrogen) atoms. The normalized spacial score (nSPS) is 20.3. The molecule has 1 fully saturated rings. The summed E-state index contributed by atoms with van der Waals surface area (Å²) in [5, 5.41) is 0. The second-order valence-corrected chi connectivity index (χ2v) is 8.41. The monoisotopic (exact) mass is 519 g/mol. The molecule has 6 nitrogen and oxygen atoms in total. The van der Waals surface area contributed by atoms with Crippen LogP contribution in [0.3, 0.4) is 0 Å². The van der Waals surface area contributed by atoms with Gasteiger partial charge in [-0.2, -0.15) is 26.3 Å². The molecule has 0 aromatic heterocycles. The Morgan fingerprint density at radius 2 is 1.67 bits per heavy atom. The molecule has 0 saturated carbocycles. The number of carbonyl (C=O) groups excluding carboxylic acids is 1. The lowest BCUT2D eigenvalue weighted by molar-refractivity contribution is -0.222. The molecule has 1 aliphatic heterocycles. The largest absolute Gasteiger partial charge is 0.416 e. The van der Waals surface area contributed by atoms with Gasteiger partial charge < -0.3 is 20.9 Å². The highest BCUT2D eigenvalue weighted by Gasteiger charge is 2.40. The lowest BCUT2D eigenvalue weighted by Crippen LogP contribution is -2.54. The van der Waals surface area contributed by atoms with Crippen molar-refractivity contribution >= 4 is 5.91 Å². The molecule has 1 heterocycles. The van der Waals surface area contributed by atoms with E-state index in [0.29, 0.717) is 43.6 Å². The van der Waals surface area contributed by atoms with E-state index in [1.807, 2.05) is 0 Å². The minimum Gasteiger partial charge on any atom is -0.368 e. The molecule has 0 bridgehead atoms. The zero-order valence-corrected chi connectivity index (χ0v) is 19.2. The molecule has 1 amide bonds. The van der Waals surface area contributed by atoms with Crippen molar-refractivity contribution in [3.8, 4) is 0 Å². The molecule has 2 aromatic carbocycles. The van der Waals surface area contributed by atoms with E-state index in [1.54, 1.807) is 35.2 Å². The smallest absolute Gasteiger partial charge is 0.368 e. The van der Waals surface area contributed by atoms with Crippen LogP contribution in [0.2, 0.25) is 0 Å². The van der Waals surface area contributed by atoms with Gasteiger partial charge in [-0.1, -0.05) is 30.3 Å². The number of nitrogens with two attached hydrogens (primary N) is 2. The number of halogens is 6. The molecule has 3 atom stereocenters. The third-order valence-electron chi connectivity index (χ3n) is 5.86. The number of rotatable bonds is 9. The summed E-state index contributed by atoms with van der Waals surface area (Å²) in [6.45, 7) is 0.163. The molecular formula is C24H27F6N3O3. The number of ether oxygens (including phenoxy) is 2. The third-order valence-corrected chi connectivity index (χ3v) is 5.86. The van der Waals surface area contributed by atoms with Crippen molar-refractivity contribution in [2.24, 2.45) is 11.5 Å². The van der Waals surface area contributed by atoms with Gasteiger partial charge in [-0.15, -0.1) is 0 Å². The number of amides is 1. The Bertz CT molecular complexity index is 984. The van der Waals surface area contributed by atoms with Gasteiger partial charge >= 0.3 is 12.4 Å². The second-order valence-electron chi connectivity index (χ2n) is 8.41. The summed E-state index contributed by atoms with van der Waals surface area (Å²) in [5.41, 5.74) is 8.75. The first-order valence-electron chi connectivity index (χ1n) is 11.2. The molecule has 1 aliphatic rings. The molecule has 4 N–H and O–H groups in total. The van der Waals surface area contributed by atoms with Gasteiger partial charge in [0.05, 0.1) is 36.4 Å². The Morgan fingerprint density at radius 1 is 1.06 bits per heavy atom. The number of hydrogen-bond acceptors (Lipinski definition) is 5. The van der Waals surface area contributed by atoms with Crippen molar-refractivity contribution in [3.05, 3.63) is 70.8 Å². The maximum Gasteiger partial charge on any atom is 0.416 e. The van der Waals surface area contributed by atoms with Gasteiger partial charge in [-0.3, -0.25) is 9.69 Å². The number of morpholine rings is 1. The van der Waals surface area contributed by atoms with Crippen molar-refractivity contribution in [2.45, 2.75) is 50.2 Å². The predicted octanol–water partition coefficient (Wildman–Crippen LogP) is 4.23. The maximum atomic E-state index is 13.2. The van der Waals surface area contributed by atoms with Gasteiger partial charge in [0.25, 0.3) is 0 Å². The van der Waals surface area contributed by atoms with Gasteiger partial charge in [0.1, 0.15) is 0 Å². The van der Waals surface area contributed by atoms with E-state index in [-0.39, 0.29) is 18.2 Å². The van der Waals surface area contributed by atoms with Crippen LogP contribution in [-0.4, -0.2) is 42.8 Å². The van der Waals surface area contributed by atoms with E-state index in [4.69, 9.17) is 20.9 Å². The SMILES string of the molecule is NCCCC(C(N)=O)N1CCO[C@H](OCc2cc(C(F)(F)F)cc(C(F)(F)F)c2)[C@@H]1c1ccccc1. The molecule has 0 spiro atoms. The topological polar surface area (TPSA) is 90.8 Å². The average Bonchev–Trinajstić information content (AvgIpc) is 2.82.